The zero-order valence-corrected chi connectivity index (χ0v) is 12.3. The number of nitrogens with one attached hydrogen (secondary N) is 1. The van der Waals surface area contributed by atoms with Crippen molar-refractivity contribution in [2.24, 2.45) is 0 Å². The Kier molecular flexibility index (Phi) is 6.06. The average Bonchev–Trinajstić information content (AvgIpc) is 2.52. The fourth-order valence-electron chi connectivity index (χ4n) is 3.00. The normalized spacial score (nSPS) is 22.4. The summed E-state index contributed by atoms with van der Waals surface area (Å²) in [6, 6.07) is 11.5. The van der Waals surface area contributed by atoms with Gasteiger partial charge >= 0.3 is 5.97 Å². The summed E-state index contributed by atoms with van der Waals surface area (Å²) in [5.41, 5.74) is 1.48. The molecular weight excluding hydrogens is 250 g/mol. The Balaban J connectivity index is 1.63. The van der Waals surface area contributed by atoms with Crippen molar-refractivity contribution in [1.29, 1.82) is 0 Å². The molecule has 0 aliphatic heterocycles. The van der Waals surface area contributed by atoms with E-state index in [2.05, 4.69) is 40.4 Å². The highest BCUT2D eigenvalue weighted by atomic mass is 16.5. The van der Waals surface area contributed by atoms with Crippen LogP contribution in [-0.2, 0) is 9.53 Å². The van der Waals surface area contributed by atoms with Crippen LogP contribution in [-0.4, -0.2) is 25.7 Å². The Morgan fingerprint density at radius 1 is 1.20 bits per heavy atom. The number of hydrogen-bond donors (Lipinski definition) is 1. The van der Waals surface area contributed by atoms with E-state index in [9.17, 15) is 4.79 Å². The summed E-state index contributed by atoms with van der Waals surface area (Å²) in [7, 11) is 1.45. The van der Waals surface area contributed by atoms with E-state index >= 15 is 0 Å². The van der Waals surface area contributed by atoms with Crippen molar-refractivity contribution in [1.82, 2.24) is 5.32 Å². The zero-order chi connectivity index (χ0) is 14.2. The molecule has 0 atom stereocenters. The van der Waals surface area contributed by atoms with Gasteiger partial charge < -0.3 is 10.1 Å². The fourth-order valence-corrected chi connectivity index (χ4v) is 3.00. The Bertz CT molecular complexity index is 397. The smallest absolute Gasteiger partial charge is 0.305 e. The van der Waals surface area contributed by atoms with Crippen molar-refractivity contribution >= 4 is 5.97 Å². The third kappa shape index (κ3) is 4.64. The number of rotatable bonds is 6. The highest BCUT2D eigenvalue weighted by molar-refractivity contribution is 5.69. The SMILES string of the molecule is COC(=O)CCCNC1CCC(c2ccccc2)CC1. The van der Waals surface area contributed by atoms with Gasteiger partial charge in [0.1, 0.15) is 0 Å². The minimum Gasteiger partial charge on any atom is -0.469 e. The number of benzene rings is 1. The summed E-state index contributed by atoms with van der Waals surface area (Å²) in [5, 5.41) is 3.57. The van der Waals surface area contributed by atoms with Crippen LogP contribution in [0.2, 0.25) is 0 Å². The first-order valence-corrected chi connectivity index (χ1v) is 7.64. The standard InChI is InChI=1S/C17H25NO2/c1-20-17(19)8-5-13-18-16-11-9-15(10-12-16)14-6-3-2-4-7-14/h2-4,6-7,15-16,18H,5,8-13H2,1H3. The van der Waals surface area contributed by atoms with Gasteiger partial charge in [0.15, 0.2) is 0 Å². The molecule has 110 valence electrons. The minimum atomic E-state index is -0.111. The van der Waals surface area contributed by atoms with Crippen molar-refractivity contribution in [3.63, 3.8) is 0 Å². The molecule has 0 bridgehead atoms. The number of carbonyl (C=O) groups excluding carboxylic acids is 1. The van der Waals surface area contributed by atoms with Crippen LogP contribution in [0.3, 0.4) is 0 Å². The molecule has 0 unspecified atom stereocenters. The fraction of sp³-hybridized carbons (Fsp3) is 0.588. The lowest BCUT2D eigenvalue weighted by Gasteiger charge is -2.29. The van der Waals surface area contributed by atoms with Crippen LogP contribution in [0, 0.1) is 0 Å². The van der Waals surface area contributed by atoms with Gasteiger partial charge in [0, 0.05) is 12.5 Å². The zero-order valence-electron chi connectivity index (χ0n) is 12.3. The average molecular weight is 275 g/mol. The van der Waals surface area contributed by atoms with Gasteiger partial charge in [-0.05, 0) is 50.1 Å². The molecule has 3 heteroatoms. The molecule has 1 aliphatic rings. The maximum atomic E-state index is 11.0. The second-order valence-corrected chi connectivity index (χ2v) is 5.59. The van der Waals surface area contributed by atoms with E-state index in [4.69, 9.17) is 0 Å². The van der Waals surface area contributed by atoms with Gasteiger partial charge in [0.25, 0.3) is 0 Å². The number of hydrogen-bond acceptors (Lipinski definition) is 3. The summed E-state index contributed by atoms with van der Waals surface area (Å²) in [6.45, 7) is 0.912. The largest absolute Gasteiger partial charge is 0.469 e. The van der Waals surface area contributed by atoms with Crippen LogP contribution < -0.4 is 5.32 Å². The molecule has 0 aromatic heterocycles. The number of carbonyl (C=O) groups is 1. The molecule has 3 nitrogen and oxygen atoms in total. The van der Waals surface area contributed by atoms with Crippen LogP contribution in [0.1, 0.15) is 50.0 Å². The van der Waals surface area contributed by atoms with Gasteiger partial charge in [-0.2, -0.15) is 0 Å². The molecule has 0 saturated heterocycles. The first-order chi connectivity index (χ1) is 9.79. The Morgan fingerprint density at radius 3 is 2.55 bits per heavy atom. The topological polar surface area (TPSA) is 38.3 Å². The van der Waals surface area contributed by atoms with Crippen LogP contribution >= 0.6 is 0 Å². The maximum absolute atomic E-state index is 11.0. The molecule has 1 N–H and O–H groups in total. The molecule has 1 fully saturated rings. The van der Waals surface area contributed by atoms with Crippen LogP contribution in [0.25, 0.3) is 0 Å². The van der Waals surface area contributed by atoms with E-state index in [1.54, 1.807) is 0 Å². The second kappa shape index (κ2) is 8.05. The lowest BCUT2D eigenvalue weighted by Crippen LogP contribution is -2.33. The lowest BCUT2D eigenvalue weighted by atomic mass is 9.82. The molecule has 0 spiro atoms. The Labute approximate surface area is 121 Å². The van der Waals surface area contributed by atoms with E-state index in [0.717, 1.165) is 18.9 Å². The van der Waals surface area contributed by atoms with Gasteiger partial charge in [-0.25, -0.2) is 0 Å². The summed E-state index contributed by atoms with van der Waals surface area (Å²) >= 11 is 0. The molecule has 0 amide bonds. The van der Waals surface area contributed by atoms with E-state index in [0.29, 0.717) is 12.5 Å². The molecule has 1 aliphatic carbocycles. The predicted octanol–water partition coefficient (Wildman–Crippen LogP) is 3.26. The monoisotopic (exact) mass is 275 g/mol. The lowest BCUT2D eigenvalue weighted by molar-refractivity contribution is -0.140. The molecule has 1 saturated carbocycles. The van der Waals surface area contributed by atoms with Crippen molar-refractivity contribution in [2.75, 3.05) is 13.7 Å². The summed E-state index contributed by atoms with van der Waals surface area (Å²) in [6.07, 6.45) is 6.38. The van der Waals surface area contributed by atoms with Crippen molar-refractivity contribution in [3.05, 3.63) is 35.9 Å². The summed E-state index contributed by atoms with van der Waals surface area (Å²) in [4.78, 5) is 11.0. The van der Waals surface area contributed by atoms with Gasteiger partial charge in [-0.15, -0.1) is 0 Å². The van der Waals surface area contributed by atoms with Gasteiger partial charge in [-0.3, -0.25) is 4.79 Å². The molecule has 0 heterocycles. The molecule has 2 rings (SSSR count). The van der Waals surface area contributed by atoms with Gasteiger partial charge in [0.05, 0.1) is 7.11 Å². The third-order valence-corrected chi connectivity index (χ3v) is 4.22. The first-order valence-electron chi connectivity index (χ1n) is 7.64. The molecule has 1 aromatic carbocycles. The van der Waals surface area contributed by atoms with E-state index in [-0.39, 0.29) is 5.97 Å². The third-order valence-electron chi connectivity index (χ3n) is 4.22. The van der Waals surface area contributed by atoms with Crippen LogP contribution in [0.5, 0.6) is 0 Å². The Morgan fingerprint density at radius 2 is 1.90 bits per heavy atom. The predicted molar refractivity (Wildman–Crippen MR) is 80.7 cm³/mol. The highest BCUT2D eigenvalue weighted by Gasteiger charge is 2.21. The molecule has 20 heavy (non-hydrogen) atoms. The second-order valence-electron chi connectivity index (χ2n) is 5.59. The number of ether oxygens (including phenoxy) is 1. The van der Waals surface area contributed by atoms with Crippen LogP contribution in [0.4, 0.5) is 0 Å². The first kappa shape index (κ1) is 15.0. The molecule has 0 radical (unpaired) electrons. The maximum Gasteiger partial charge on any atom is 0.305 e. The van der Waals surface area contributed by atoms with Crippen LogP contribution in [0.15, 0.2) is 30.3 Å². The van der Waals surface area contributed by atoms with Gasteiger partial charge in [0.2, 0.25) is 0 Å². The van der Waals surface area contributed by atoms with Crippen molar-refractivity contribution in [2.45, 2.75) is 50.5 Å². The quantitative estimate of drug-likeness (QED) is 0.640. The van der Waals surface area contributed by atoms with Crippen molar-refractivity contribution in [3.8, 4) is 0 Å². The van der Waals surface area contributed by atoms with E-state index in [1.807, 2.05) is 0 Å². The highest BCUT2D eigenvalue weighted by Crippen LogP contribution is 2.32. The summed E-state index contributed by atoms with van der Waals surface area (Å²) < 4.78 is 4.64. The molecular formula is C17H25NO2. The number of esters is 1. The van der Waals surface area contributed by atoms with E-state index < -0.39 is 0 Å². The van der Waals surface area contributed by atoms with E-state index in [1.165, 1.54) is 38.4 Å². The minimum absolute atomic E-state index is 0.111. The summed E-state index contributed by atoms with van der Waals surface area (Å²) in [5.74, 6) is 0.615. The Hall–Kier alpha value is -1.35. The number of methoxy groups -OCH3 is 1. The van der Waals surface area contributed by atoms with Gasteiger partial charge in [-0.1, -0.05) is 30.3 Å². The molecule has 1 aromatic rings. The van der Waals surface area contributed by atoms with Crippen molar-refractivity contribution < 1.29 is 9.53 Å².